The summed E-state index contributed by atoms with van der Waals surface area (Å²) in [5.74, 6) is -0.157. The first-order valence-corrected chi connectivity index (χ1v) is 6.90. The molecular weight excluding hydrogens is 226 g/mol. The van der Waals surface area contributed by atoms with E-state index in [0.717, 1.165) is 5.75 Å². The molecule has 0 saturated heterocycles. The molecule has 5 heteroatoms. The van der Waals surface area contributed by atoms with E-state index in [9.17, 15) is 9.59 Å². The van der Waals surface area contributed by atoms with Gasteiger partial charge < -0.3 is 10.4 Å². The van der Waals surface area contributed by atoms with Gasteiger partial charge in [0.1, 0.15) is 0 Å². The van der Waals surface area contributed by atoms with Crippen LogP contribution < -0.4 is 5.32 Å². The number of rotatable bonds is 8. The Morgan fingerprint density at radius 1 is 1.31 bits per heavy atom. The lowest BCUT2D eigenvalue weighted by atomic mass is 9.89. The number of carbonyl (C=O) groups is 2. The van der Waals surface area contributed by atoms with E-state index >= 15 is 0 Å². The SMILES string of the molecule is CCC(CC)(CC(=O)O)NC(=O)CCSC. The fourth-order valence-electron chi connectivity index (χ4n) is 1.56. The number of carboxylic acids is 1. The molecule has 0 aromatic carbocycles. The van der Waals surface area contributed by atoms with E-state index in [-0.39, 0.29) is 12.3 Å². The summed E-state index contributed by atoms with van der Waals surface area (Å²) in [7, 11) is 0. The second-order valence-corrected chi connectivity index (χ2v) is 4.83. The third kappa shape index (κ3) is 5.39. The minimum absolute atomic E-state index is 0.00892. The zero-order chi connectivity index (χ0) is 12.6. The molecule has 0 rings (SSSR count). The predicted octanol–water partition coefficient (Wildman–Crippen LogP) is 1.89. The van der Waals surface area contributed by atoms with E-state index in [2.05, 4.69) is 5.32 Å². The second kappa shape index (κ2) is 7.54. The Morgan fingerprint density at radius 2 is 1.88 bits per heavy atom. The van der Waals surface area contributed by atoms with Gasteiger partial charge in [-0.2, -0.15) is 11.8 Å². The van der Waals surface area contributed by atoms with Crippen LogP contribution >= 0.6 is 11.8 Å². The van der Waals surface area contributed by atoms with Crippen molar-refractivity contribution in [1.29, 1.82) is 0 Å². The summed E-state index contributed by atoms with van der Waals surface area (Å²) in [6, 6.07) is 0. The Bertz CT molecular complexity index is 239. The van der Waals surface area contributed by atoms with Crippen molar-refractivity contribution < 1.29 is 14.7 Å². The minimum atomic E-state index is -0.867. The van der Waals surface area contributed by atoms with Crippen molar-refractivity contribution in [3.8, 4) is 0 Å². The monoisotopic (exact) mass is 247 g/mol. The molecule has 0 unspecified atom stereocenters. The highest BCUT2D eigenvalue weighted by Crippen LogP contribution is 2.20. The molecular formula is C11H21NO3S. The van der Waals surface area contributed by atoms with Crippen LogP contribution in [0.4, 0.5) is 0 Å². The van der Waals surface area contributed by atoms with E-state index in [0.29, 0.717) is 19.3 Å². The first-order chi connectivity index (χ1) is 7.49. The van der Waals surface area contributed by atoms with Gasteiger partial charge in [-0.3, -0.25) is 9.59 Å². The summed E-state index contributed by atoms with van der Waals surface area (Å²) in [6.07, 6.45) is 3.66. The molecule has 94 valence electrons. The topological polar surface area (TPSA) is 66.4 Å². The van der Waals surface area contributed by atoms with Crippen LogP contribution in [0.3, 0.4) is 0 Å². The van der Waals surface area contributed by atoms with Crippen LogP contribution in [0.25, 0.3) is 0 Å². The van der Waals surface area contributed by atoms with Gasteiger partial charge >= 0.3 is 5.97 Å². The van der Waals surface area contributed by atoms with E-state index in [4.69, 9.17) is 5.11 Å². The Labute approximate surface area is 101 Å². The lowest BCUT2D eigenvalue weighted by Crippen LogP contribution is -2.49. The van der Waals surface area contributed by atoms with Gasteiger partial charge in [0.2, 0.25) is 5.91 Å². The molecule has 0 heterocycles. The largest absolute Gasteiger partial charge is 0.481 e. The van der Waals surface area contributed by atoms with Crippen LogP contribution in [0.5, 0.6) is 0 Å². The van der Waals surface area contributed by atoms with Gasteiger partial charge in [-0.05, 0) is 19.1 Å². The molecule has 0 aromatic heterocycles. The molecule has 0 aromatic rings. The highest BCUT2D eigenvalue weighted by atomic mass is 32.2. The summed E-state index contributed by atoms with van der Waals surface area (Å²) < 4.78 is 0. The van der Waals surface area contributed by atoms with E-state index in [1.54, 1.807) is 11.8 Å². The van der Waals surface area contributed by atoms with Crippen molar-refractivity contribution in [3.05, 3.63) is 0 Å². The molecule has 0 radical (unpaired) electrons. The molecule has 16 heavy (non-hydrogen) atoms. The normalized spacial score (nSPS) is 11.2. The molecule has 0 aliphatic rings. The third-order valence-electron chi connectivity index (χ3n) is 2.78. The van der Waals surface area contributed by atoms with Crippen LogP contribution in [0.2, 0.25) is 0 Å². The Kier molecular flexibility index (Phi) is 7.21. The molecule has 0 aliphatic carbocycles. The van der Waals surface area contributed by atoms with Crippen LogP contribution in [0.15, 0.2) is 0 Å². The van der Waals surface area contributed by atoms with Crippen molar-refractivity contribution in [1.82, 2.24) is 5.32 Å². The molecule has 0 atom stereocenters. The predicted molar refractivity (Wildman–Crippen MR) is 66.7 cm³/mol. The zero-order valence-corrected chi connectivity index (χ0v) is 11.0. The van der Waals surface area contributed by atoms with Crippen molar-refractivity contribution in [2.45, 2.75) is 45.1 Å². The third-order valence-corrected chi connectivity index (χ3v) is 3.39. The van der Waals surface area contributed by atoms with Crippen LogP contribution in [-0.2, 0) is 9.59 Å². The molecule has 1 amide bonds. The van der Waals surface area contributed by atoms with E-state index < -0.39 is 11.5 Å². The van der Waals surface area contributed by atoms with Gasteiger partial charge in [-0.25, -0.2) is 0 Å². The number of carboxylic acid groups (broad SMARTS) is 1. The first-order valence-electron chi connectivity index (χ1n) is 5.51. The summed E-state index contributed by atoms with van der Waals surface area (Å²) in [5.41, 5.74) is -0.582. The highest BCUT2D eigenvalue weighted by molar-refractivity contribution is 7.98. The Balaban J connectivity index is 4.41. The van der Waals surface area contributed by atoms with Gasteiger partial charge in [0.05, 0.1) is 6.42 Å². The molecule has 0 aliphatic heterocycles. The lowest BCUT2D eigenvalue weighted by molar-refractivity contribution is -0.139. The Morgan fingerprint density at radius 3 is 2.25 bits per heavy atom. The minimum Gasteiger partial charge on any atom is -0.481 e. The maximum atomic E-state index is 11.6. The molecule has 2 N–H and O–H groups in total. The molecule has 0 spiro atoms. The number of thioether (sulfide) groups is 1. The smallest absolute Gasteiger partial charge is 0.305 e. The number of carbonyl (C=O) groups excluding carboxylic acids is 1. The second-order valence-electron chi connectivity index (χ2n) is 3.85. The van der Waals surface area contributed by atoms with Crippen LogP contribution in [-0.4, -0.2) is 34.5 Å². The highest BCUT2D eigenvalue weighted by Gasteiger charge is 2.30. The van der Waals surface area contributed by atoms with Crippen LogP contribution in [0.1, 0.15) is 39.5 Å². The molecule has 0 fully saturated rings. The average molecular weight is 247 g/mol. The Hall–Kier alpha value is -0.710. The maximum Gasteiger partial charge on any atom is 0.305 e. The van der Waals surface area contributed by atoms with Gasteiger partial charge in [0, 0.05) is 17.7 Å². The standard InChI is InChI=1S/C11H21NO3S/c1-4-11(5-2,8-10(14)15)12-9(13)6-7-16-3/h4-8H2,1-3H3,(H,12,13)(H,14,15). The molecule has 0 saturated carbocycles. The number of hydrogen-bond acceptors (Lipinski definition) is 3. The lowest BCUT2D eigenvalue weighted by Gasteiger charge is -2.31. The molecule has 4 nitrogen and oxygen atoms in total. The quantitative estimate of drug-likeness (QED) is 0.687. The van der Waals surface area contributed by atoms with Gasteiger partial charge in [-0.15, -0.1) is 0 Å². The summed E-state index contributed by atoms with van der Waals surface area (Å²) >= 11 is 1.61. The first kappa shape index (κ1) is 15.3. The summed E-state index contributed by atoms with van der Waals surface area (Å²) in [4.78, 5) is 22.4. The number of amides is 1. The van der Waals surface area contributed by atoms with Gasteiger partial charge in [0.25, 0.3) is 0 Å². The van der Waals surface area contributed by atoms with Gasteiger partial charge in [0.15, 0.2) is 0 Å². The summed E-state index contributed by atoms with van der Waals surface area (Å²) in [5, 5.41) is 11.7. The number of nitrogens with one attached hydrogen (secondary N) is 1. The average Bonchev–Trinajstić information content (AvgIpc) is 2.24. The maximum absolute atomic E-state index is 11.6. The summed E-state index contributed by atoms with van der Waals surface area (Å²) in [6.45, 7) is 3.81. The van der Waals surface area contributed by atoms with Crippen LogP contribution in [0, 0.1) is 0 Å². The van der Waals surface area contributed by atoms with Crippen molar-refractivity contribution in [2.75, 3.05) is 12.0 Å². The van der Waals surface area contributed by atoms with Crippen molar-refractivity contribution in [2.24, 2.45) is 0 Å². The number of aliphatic carboxylic acids is 1. The van der Waals surface area contributed by atoms with E-state index in [1.165, 1.54) is 0 Å². The van der Waals surface area contributed by atoms with E-state index in [1.807, 2.05) is 20.1 Å². The van der Waals surface area contributed by atoms with Crippen molar-refractivity contribution in [3.63, 3.8) is 0 Å². The van der Waals surface area contributed by atoms with Crippen molar-refractivity contribution >= 4 is 23.6 Å². The zero-order valence-electron chi connectivity index (χ0n) is 10.2. The fraction of sp³-hybridized carbons (Fsp3) is 0.818. The number of hydrogen-bond donors (Lipinski definition) is 2. The van der Waals surface area contributed by atoms with Gasteiger partial charge in [-0.1, -0.05) is 13.8 Å². The fourth-order valence-corrected chi connectivity index (χ4v) is 1.95. The molecule has 0 bridgehead atoms.